The van der Waals surface area contributed by atoms with Gasteiger partial charge >= 0.3 is 0 Å². The topological polar surface area (TPSA) is 30.7 Å². The predicted molar refractivity (Wildman–Crippen MR) is 243 cm³/mol. The summed E-state index contributed by atoms with van der Waals surface area (Å²) in [5, 5.41) is 3.61. The van der Waals surface area contributed by atoms with Crippen LogP contribution < -0.4 is 5.19 Å². The Labute approximate surface area is 365 Å². The molecule has 57 heavy (non-hydrogen) atoms. The maximum absolute atomic E-state index is 9.03. The van der Waals surface area contributed by atoms with Crippen molar-refractivity contribution in [1.29, 1.82) is 0 Å². The van der Waals surface area contributed by atoms with E-state index in [1.807, 2.05) is 29.7 Å². The van der Waals surface area contributed by atoms with Crippen molar-refractivity contribution < 1.29 is 27.0 Å². The van der Waals surface area contributed by atoms with Crippen molar-refractivity contribution in [1.82, 2.24) is 14.5 Å². The quantitative estimate of drug-likeness (QED) is 0.123. The number of thiophene rings is 1. The smallest absolute Gasteiger partial charge is 0.0798 e. The molecule has 1 radical (unpaired) electrons. The van der Waals surface area contributed by atoms with Crippen LogP contribution in [0.2, 0.25) is 19.6 Å². The number of hydrogen-bond acceptors (Lipinski definition) is 3. The molecule has 0 amide bonds. The zero-order valence-corrected chi connectivity index (χ0v) is 37.9. The molecule has 1 aliphatic rings. The van der Waals surface area contributed by atoms with Crippen LogP contribution in [0.15, 0.2) is 115 Å². The second-order valence-corrected chi connectivity index (χ2v) is 23.2. The third-order valence-electron chi connectivity index (χ3n) is 10.9. The molecule has 3 heterocycles. The molecule has 0 aliphatic heterocycles. The van der Waals surface area contributed by atoms with Gasteiger partial charge in [-0.25, -0.2) is 0 Å². The van der Waals surface area contributed by atoms with Crippen molar-refractivity contribution >= 4 is 55.8 Å². The van der Waals surface area contributed by atoms with E-state index in [0.717, 1.165) is 64.5 Å². The van der Waals surface area contributed by atoms with Crippen molar-refractivity contribution in [3.8, 4) is 28.3 Å². The van der Waals surface area contributed by atoms with Crippen LogP contribution in [0.4, 0.5) is 0 Å². The van der Waals surface area contributed by atoms with Gasteiger partial charge in [0.05, 0.1) is 24.9 Å². The molecule has 0 bridgehead atoms. The molecule has 0 saturated heterocycles. The summed E-state index contributed by atoms with van der Waals surface area (Å²) in [4.78, 5) is 9.65. The molecule has 0 spiro atoms. The van der Waals surface area contributed by atoms with E-state index >= 15 is 0 Å². The van der Waals surface area contributed by atoms with Gasteiger partial charge in [-0.3, -0.25) is 4.98 Å². The molecule has 3 aromatic heterocycles. The minimum Gasteiger partial charge on any atom is -0.333 e. The third kappa shape index (κ3) is 8.95. The number of benzene rings is 5. The number of hydrogen-bond donors (Lipinski definition) is 0. The first-order chi connectivity index (χ1) is 28.9. The molecule has 8 aromatic rings. The van der Waals surface area contributed by atoms with Crippen LogP contribution in [0.25, 0.3) is 59.5 Å². The number of pyridine rings is 1. The Morgan fingerprint density at radius 1 is 0.825 bits per heavy atom. The SMILES string of the molecule is CC(C)(C)c1ccc(-n2c(-c3[c-]cc4c(c3)sc3ccccc34)nc3ccccc32)cc1.[2H]C([2H])([2H])c1c[c-]c(-c2cc(C([2H])([2H])C3CCCCC3)c([Si](C)(C)C)cn2)cc1.[Ir]. The molecular weight excluding hydrogens is 907 g/mol. The van der Waals surface area contributed by atoms with Gasteiger partial charge < -0.3 is 9.55 Å². The van der Waals surface area contributed by atoms with Crippen LogP contribution in [-0.4, -0.2) is 22.6 Å². The van der Waals surface area contributed by atoms with Gasteiger partial charge in [0.1, 0.15) is 0 Å². The fourth-order valence-corrected chi connectivity index (χ4v) is 10.3. The van der Waals surface area contributed by atoms with Gasteiger partial charge in [0.25, 0.3) is 0 Å². The van der Waals surface area contributed by atoms with Gasteiger partial charge in [-0.1, -0.05) is 139 Å². The van der Waals surface area contributed by atoms with E-state index in [2.05, 4.69) is 141 Å². The maximum Gasteiger partial charge on any atom is 0.0798 e. The van der Waals surface area contributed by atoms with E-state index in [0.29, 0.717) is 11.3 Å². The fraction of sp³-hybridized carbons (Fsp3) is 0.294. The summed E-state index contributed by atoms with van der Waals surface area (Å²) in [6.45, 7) is 11.2. The third-order valence-corrected chi connectivity index (χ3v) is 14.0. The summed E-state index contributed by atoms with van der Waals surface area (Å²) in [5.41, 5.74) is 8.04. The van der Waals surface area contributed by atoms with Gasteiger partial charge in [0, 0.05) is 43.5 Å². The zero-order valence-electron chi connectivity index (χ0n) is 38.7. The molecule has 3 nitrogen and oxygen atoms in total. The molecule has 0 unspecified atom stereocenters. The van der Waals surface area contributed by atoms with E-state index in [9.17, 15) is 0 Å². The van der Waals surface area contributed by atoms with Crippen LogP contribution >= 0.6 is 11.3 Å². The number of fused-ring (bicyclic) bond motifs is 4. The second-order valence-electron chi connectivity index (χ2n) is 17.1. The summed E-state index contributed by atoms with van der Waals surface area (Å²) in [5.74, 6) is 0.956. The molecule has 5 aromatic carbocycles. The minimum atomic E-state index is -2.16. The molecule has 293 valence electrons. The van der Waals surface area contributed by atoms with Gasteiger partial charge in [-0.15, -0.1) is 59.2 Å². The Bertz CT molecular complexity index is 2830. The van der Waals surface area contributed by atoms with Crippen molar-refractivity contribution in [3.63, 3.8) is 0 Å². The van der Waals surface area contributed by atoms with Crippen LogP contribution in [0.5, 0.6) is 0 Å². The Morgan fingerprint density at radius 3 is 2.28 bits per heavy atom. The van der Waals surface area contributed by atoms with Crippen LogP contribution in [0.1, 0.15) is 76.4 Å². The zero-order chi connectivity index (χ0) is 43.3. The first-order valence-electron chi connectivity index (χ1n) is 22.3. The number of rotatable bonds is 6. The Morgan fingerprint density at radius 2 is 1.56 bits per heavy atom. The van der Waals surface area contributed by atoms with Crippen molar-refractivity contribution in [2.24, 2.45) is 5.92 Å². The average molecular weight is 965 g/mol. The monoisotopic (exact) mass is 965 g/mol. The van der Waals surface area contributed by atoms with E-state index < -0.39 is 21.3 Å². The van der Waals surface area contributed by atoms with Gasteiger partial charge in [0.2, 0.25) is 0 Å². The van der Waals surface area contributed by atoms with Gasteiger partial charge in [-0.2, -0.15) is 11.3 Å². The summed E-state index contributed by atoms with van der Waals surface area (Å²) >= 11 is 1.83. The first-order valence-corrected chi connectivity index (χ1v) is 24.2. The summed E-state index contributed by atoms with van der Waals surface area (Å²) in [6, 6.07) is 43.4. The molecule has 0 atom stereocenters. The summed E-state index contributed by atoms with van der Waals surface area (Å²) < 4.78 is 45.5. The molecule has 0 N–H and O–H groups in total. The van der Waals surface area contributed by atoms with E-state index in [-0.39, 0.29) is 37.0 Å². The largest absolute Gasteiger partial charge is 0.333 e. The Hall–Kier alpha value is -4.19. The normalized spacial score (nSPS) is 15.5. The Balaban J connectivity index is 0.000000185. The number of aryl methyl sites for hydroxylation is 1. The minimum absolute atomic E-state index is 0. The number of para-hydroxylation sites is 2. The molecule has 1 aliphatic carbocycles. The van der Waals surface area contributed by atoms with E-state index in [4.69, 9.17) is 11.8 Å². The second kappa shape index (κ2) is 17.0. The van der Waals surface area contributed by atoms with Crippen molar-refractivity contribution in [2.45, 2.75) is 91.2 Å². The van der Waals surface area contributed by atoms with E-state index in [1.54, 1.807) is 12.1 Å². The molecule has 1 fully saturated rings. The average Bonchev–Trinajstić information content (AvgIpc) is 3.82. The predicted octanol–water partition coefficient (Wildman–Crippen LogP) is 13.7. The maximum atomic E-state index is 9.03. The standard InChI is InChI=1S/C29H23N2S.C22H30NSi.Ir/c1-29(2,3)20-13-15-21(16-14-20)31-25-10-6-5-9-24(25)30-28(31)19-12-17-23-22-8-4-7-11-26(22)32-27(23)18-19;1-17-10-12-19(13-11-17)21-15-20(14-18-8-6-5-7-9-18)22(16-23-21)24(2,3)4;/h4-11,13-18H,1-3H3;10-12,15-16,18H,5-9,14H2,1-4H3;/q2*-1;/i;1D3,14D2;. The molecule has 6 heteroatoms. The van der Waals surface area contributed by atoms with E-state index in [1.165, 1.54) is 38.2 Å². The van der Waals surface area contributed by atoms with Gasteiger partial charge in [0.15, 0.2) is 0 Å². The molecule has 1 saturated carbocycles. The summed E-state index contributed by atoms with van der Waals surface area (Å²) in [6.07, 6.45) is 5.68. The number of nitrogens with zero attached hydrogens (tertiary/aromatic N) is 3. The number of aromatic nitrogens is 3. The first kappa shape index (κ1) is 34.8. The fourth-order valence-electron chi connectivity index (χ4n) is 7.74. The van der Waals surface area contributed by atoms with Gasteiger partial charge in [-0.05, 0) is 74.6 Å². The van der Waals surface area contributed by atoms with Crippen molar-refractivity contribution in [2.75, 3.05) is 0 Å². The van der Waals surface area contributed by atoms with Crippen molar-refractivity contribution in [3.05, 3.63) is 144 Å². The Kier molecular flexibility index (Phi) is 10.4. The molecular formula is C51H53IrN3SSi-2. The van der Waals surface area contributed by atoms with Crippen LogP contribution in [0, 0.1) is 24.9 Å². The summed E-state index contributed by atoms with van der Waals surface area (Å²) in [7, 11) is -1.80. The van der Waals surface area contributed by atoms with Crippen LogP contribution in [-0.2, 0) is 31.9 Å². The number of imidazole rings is 1. The van der Waals surface area contributed by atoms with Crippen LogP contribution in [0.3, 0.4) is 0 Å². The molecule has 9 rings (SSSR count).